The monoisotopic (exact) mass is 482 g/mol. The van der Waals surface area contributed by atoms with E-state index in [-0.39, 0.29) is 16.8 Å². The molecule has 7 nitrogen and oxygen atoms in total. The Balaban J connectivity index is 1.84. The van der Waals surface area contributed by atoms with Crippen LogP contribution < -0.4 is 16.6 Å². The summed E-state index contributed by atoms with van der Waals surface area (Å²) in [5.41, 5.74) is 7.08. The molecule has 3 heterocycles. The van der Waals surface area contributed by atoms with E-state index in [1.54, 1.807) is 20.0 Å². The molecule has 0 unspecified atom stereocenters. The molecule has 4 rings (SSSR count). The maximum atomic E-state index is 13.3. The number of benzene rings is 1. The first-order chi connectivity index (χ1) is 16.5. The number of halogens is 3. The Morgan fingerprint density at radius 2 is 1.97 bits per heavy atom. The first-order valence-electron chi connectivity index (χ1n) is 11.0. The van der Waals surface area contributed by atoms with Crippen molar-refractivity contribution in [2.24, 2.45) is 7.05 Å². The molecule has 1 atom stereocenters. The number of likely N-dealkylation sites (N-methyl/N-ethyl adjacent to an activating group) is 1. The fourth-order valence-electron chi connectivity index (χ4n) is 4.32. The fourth-order valence-corrected chi connectivity index (χ4v) is 4.32. The molecule has 35 heavy (non-hydrogen) atoms. The van der Waals surface area contributed by atoms with E-state index in [1.807, 2.05) is 13.1 Å². The molecule has 0 spiro atoms. The van der Waals surface area contributed by atoms with Gasteiger partial charge < -0.3 is 20.5 Å². The van der Waals surface area contributed by atoms with Gasteiger partial charge in [-0.15, -0.1) is 0 Å². The molecule has 2 aromatic heterocycles. The maximum Gasteiger partial charge on any atom is 0.416 e. The number of nitriles is 1. The van der Waals surface area contributed by atoms with Gasteiger partial charge >= 0.3 is 6.18 Å². The molecule has 0 aliphatic carbocycles. The molecule has 0 saturated heterocycles. The zero-order valence-corrected chi connectivity index (χ0v) is 19.6. The molecule has 1 aliphatic rings. The zero-order valence-electron chi connectivity index (χ0n) is 19.6. The Morgan fingerprint density at radius 3 is 2.60 bits per heavy atom. The van der Waals surface area contributed by atoms with E-state index in [9.17, 15) is 23.2 Å². The lowest BCUT2D eigenvalue weighted by molar-refractivity contribution is -0.137. The third-order valence-electron chi connectivity index (χ3n) is 6.28. The van der Waals surface area contributed by atoms with E-state index >= 15 is 0 Å². The van der Waals surface area contributed by atoms with Gasteiger partial charge in [0.1, 0.15) is 11.9 Å². The van der Waals surface area contributed by atoms with Gasteiger partial charge in [0.2, 0.25) is 0 Å². The number of nitrogen functional groups attached to an aromatic ring is 1. The van der Waals surface area contributed by atoms with Crippen LogP contribution in [0.4, 0.5) is 24.7 Å². The van der Waals surface area contributed by atoms with Crippen molar-refractivity contribution >= 4 is 28.0 Å². The highest BCUT2D eigenvalue weighted by Gasteiger charge is 2.31. The summed E-state index contributed by atoms with van der Waals surface area (Å²) >= 11 is 0. The molecule has 0 amide bonds. The highest BCUT2D eigenvalue weighted by atomic mass is 19.4. The normalized spacial score (nSPS) is 15.5. The van der Waals surface area contributed by atoms with E-state index in [0.717, 1.165) is 24.3 Å². The second-order valence-corrected chi connectivity index (χ2v) is 8.81. The van der Waals surface area contributed by atoms with Crippen LogP contribution in [0.3, 0.4) is 0 Å². The van der Waals surface area contributed by atoms with Crippen LogP contribution in [-0.2, 0) is 13.2 Å². The van der Waals surface area contributed by atoms with Crippen LogP contribution in [0, 0.1) is 11.3 Å². The van der Waals surface area contributed by atoms with Crippen molar-refractivity contribution in [3.8, 4) is 6.07 Å². The van der Waals surface area contributed by atoms with Crippen molar-refractivity contribution in [3.05, 3.63) is 69.1 Å². The van der Waals surface area contributed by atoms with Gasteiger partial charge in [-0.25, -0.2) is 4.98 Å². The number of hydrogen-bond acceptors (Lipinski definition) is 6. The minimum Gasteiger partial charge on any atom is -0.399 e. The quantitative estimate of drug-likeness (QED) is 0.538. The lowest BCUT2D eigenvalue weighted by Gasteiger charge is -2.23. The molecule has 0 saturated carbocycles. The Kier molecular flexibility index (Phi) is 6.30. The number of nitrogens with two attached hydrogens (primary N) is 1. The van der Waals surface area contributed by atoms with E-state index in [1.165, 1.54) is 16.8 Å². The molecule has 0 fully saturated rings. The summed E-state index contributed by atoms with van der Waals surface area (Å²) in [5.74, 6) is 0.355. The molecule has 1 aromatic carbocycles. The first kappa shape index (κ1) is 24.3. The Hall–Kier alpha value is -3.84. The van der Waals surface area contributed by atoms with Crippen molar-refractivity contribution in [2.45, 2.75) is 25.6 Å². The minimum atomic E-state index is -4.53. The van der Waals surface area contributed by atoms with E-state index in [4.69, 9.17) is 5.73 Å². The van der Waals surface area contributed by atoms with Gasteiger partial charge in [0.05, 0.1) is 22.7 Å². The third-order valence-corrected chi connectivity index (χ3v) is 6.28. The van der Waals surface area contributed by atoms with Gasteiger partial charge in [0.15, 0.2) is 0 Å². The van der Waals surface area contributed by atoms with Crippen LogP contribution in [-0.4, -0.2) is 34.6 Å². The van der Waals surface area contributed by atoms with E-state index in [2.05, 4.69) is 21.3 Å². The second kappa shape index (κ2) is 9.07. The maximum absolute atomic E-state index is 13.3. The van der Waals surface area contributed by atoms with Crippen molar-refractivity contribution in [1.82, 2.24) is 14.5 Å². The molecule has 1 aliphatic heterocycles. The number of aromatic nitrogens is 2. The standard InChI is InChI=1S/C25H25F3N6O/c1-14(16-8-18(25(26,27)28)10-19(30)9-16)32-23-21-11-20(15-4-6-33(2)7-5-15)24(35)34(3)22(21)17(12-29)13-31-23/h4,8-11,13-14H,5-7,30H2,1-3H3,(H,31,32)/t14-/m1/s1. The number of anilines is 2. The van der Waals surface area contributed by atoms with E-state index < -0.39 is 17.8 Å². The van der Waals surface area contributed by atoms with Crippen molar-refractivity contribution in [2.75, 3.05) is 31.2 Å². The number of nitrogens with zero attached hydrogens (tertiary/aromatic N) is 4. The zero-order chi connectivity index (χ0) is 25.5. The number of aryl methyl sites for hydroxylation is 1. The molecule has 10 heteroatoms. The molecular weight excluding hydrogens is 457 g/mol. The van der Waals surface area contributed by atoms with Gasteiger partial charge in [-0.05, 0) is 55.8 Å². The highest BCUT2D eigenvalue weighted by Crippen LogP contribution is 2.34. The van der Waals surface area contributed by atoms with Gasteiger partial charge in [-0.2, -0.15) is 18.4 Å². The van der Waals surface area contributed by atoms with Crippen LogP contribution >= 0.6 is 0 Å². The SMILES string of the molecule is C[C@@H](Nc1ncc(C#N)c2c1cc(C1=CCN(C)CC1)c(=O)n2C)c1cc(N)cc(C(F)(F)F)c1. The smallest absolute Gasteiger partial charge is 0.399 e. The van der Waals surface area contributed by atoms with Crippen LogP contribution in [0.15, 0.2) is 41.3 Å². The van der Waals surface area contributed by atoms with Crippen LogP contribution in [0.25, 0.3) is 16.5 Å². The molecule has 0 radical (unpaired) electrons. The minimum absolute atomic E-state index is 0.00000675. The average molecular weight is 483 g/mol. The first-order valence-corrected chi connectivity index (χ1v) is 11.0. The summed E-state index contributed by atoms with van der Waals surface area (Å²) < 4.78 is 41.3. The highest BCUT2D eigenvalue weighted by molar-refractivity contribution is 5.95. The lowest BCUT2D eigenvalue weighted by Crippen LogP contribution is -2.27. The van der Waals surface area contributed by atoms with E-state index in [0.29, 0.717) is 40.8 Å². The van der Waals surface area contributed by atoms with Crippen molar-refractivity contribution in [3.63, 3.8) is 0 Å². The number of fused-ring (bicyclic) bond motifs is 1. The predicted molar refractivity (Wildman–Crippen MR) is 130 cm³/mol. The Bertz CT molecular complexity index is 1430. The Labute approximate surface area is 200 Å². The fraction of sp³-hybridized carbons (Fsp3) is 0.320. The largest absolute Gasteiger partial charge is 0.416 e. The summed E-state index contributed by atoms with van der Waals surface area (Å²) in [4.78, 5) is 19.7. The van der Waals surface area contributed by atoms with Gasteiger partial charge in [-0.3, -0.25) is 4.79 Å². The summed E-state index contributed by atoms with van der Waals surface area (Å²) in [6, 6.07) is 6.62. The van der Waals surface area contributed by atoms with Crippen molar-refractivity contribution in [1.29, 1.82) is 5.26 Å². The molecule has 3 N–H and O–H groups in total. The lowest BCUT2D eigenvalue weighted by atomic mass is 9.98. The summed E-state index contributed by atoms with van der Waals surface area (Å²) in [6.45, 7) is 3.22. The topological polar surface area (TPSA) is 100.0 Å². The molecule has 182 valence electrons. The number of alkyl halides is 3. The summed E-state index contributed by atoms with van der Waals surface area (Å²) in [6.07, 6.45) is -0.468. The second-order valence-electron chi connectivity index (χ2n) is 8.81. The predicted octanol–water partition coefficient (Wildman–Crippen LogP) is 4.30. The van der Waals surface area contributed by atoms with Gasteiger partial charge in [0.25, 0.3) is 5.56 Å². The molecule has 3 aromatic rings. The number of nitrogens with one attached hydrogen (secondary N) is 1. The van der Waals surface area contributed by atoms with Gasteiger partial charge in [-0.1, -0.05) is 6.08 Å². The molecular formula is C25H25F3N6O. The van der Waals surface area contributed by atoms with Crippen LogP contribution in [0.1, 0.15) is 41.6 Å². The third kappa shape index (κ3) is 4.72. The van der Waals surface area contributed by atoms with Crippen LogP contribution in [0.2, 0.25) is 0 Å². The summed E-state index contributed by atoms with van der Waals surface area (Å²) in [7, 11) is 3.60. The number of hydrogen-bond donors (Lipinski definition) is 2. The van der Waals surface area contributed by atoms with Crippen LogP contribution in [0.5, 0.6) is 0 Å². The molecule has 0 bridgehead atoms. The number of pyridine rings is 2. The average Bonchev–Trinajstić information content (AvgIpc) is 2.81. The van der Waals surface area contributed by atoms with Crippen molar-refractivity contribution < 1.29 is 13.2 Å². The van der Waals surface area contributed by atoms with Gasteiger partial charge in [0, 0.05) is 43.0 Å². The number of rotatable bonds is 4. The Morgan fingerprint density at radius 1 is 1.23 bits per heavy atom. The summed E-state index contributed by atoms with van der Waals surface area (Å²) in [5, 5.41) is 13.3.